The van der Waals surface area contributed by atoms with Crippen LogP contribution < -0.4 is 5.73 Å². The van der Waals surface area contributed by atoms with E-state index >= 15 is 0 Å². The number of nitrogens with two attached hydrogens (primary N) is 1. The molecule has 0 bridgehead atoms. The highest BCUT2D eigenvalue weighted by Crippen LogP contribution is 2.16. The lowest BCUT2D eigenvalue weighted by Gasteiger charge is -2.20. The van der Waals surface area contributed by atoms with Crippen molar-refractivity contribution in [3.05, 3.63) is 35.4 Å². The van der Waals surface area contributed by atoms with E-state index < -0.39 is 0 Å². The standard InChI is InChI=1S/C15H25N3/c1-5-18(6-2)15(16)17-11-13(4)14-9-7-12(3)8-10-14/h7-10,13H,5-6,11H2,1-4H3,(H2,16,17). The van der Waals surface area contributed by atoms with Crippen LogP contribution in [0.1, 0.15) is 37.8 Å². The topological polar surface area (TPSA) is 41.6 Å². The molecule has 1 aromatic carbocycles. The number of aliphatic imine (C=N–C) groups is 1. The minimum atomic E-state index is 0.403. The molecule has 0 saturated heterocycles. The number of benzene rings is 1. The lowest BCUT2D eigenvalue weighted by atomic mass is 10.0. The Balaban J connectivity index is 2.62. The van der Waals surface area contributed by atoms with Gasteiger partial charge in [-0.25, -0.2) is 0 Å². The van der Waals surface area contributed by atoms with Crippen molar-refractivity contribution in [3.63, 3.8) is 0 Å². The first-order valence-corrected chi connectivity index (χ1v) is 6.69. The van der Waals surface area contributed by atoms with Gasteiger partial charge in [-0.2, -0.15) is 0 Å². The van der Waals surface area contributed by atoms with Crippen LogP contribution in [-0.4, -0.2) is 30.5 Å². The fourth-order valence-corrected chi connectivity index (χ4v) is 1.88. The van der Waals surface area contributed by atoms with Gasteiger partial charge in [-0.05, 0) is 26.3 Å². The molecule has 1 aromatic rings. The van der Waals surface area contributed by atoms with Gasteiger partial charge >= 0.3 is 0 Å². The maximum Gasteiger partial charge on any atom is 0.191 e. The molecule has 0 saturated carbocycles. The van der Waals surface area contributed by atoms with Gasteiger partial charge in [0, 0.05) is 25.6 Å². The largest absolute Gasteiger partial charge is 0.370 e. The summed E-state index contributed by atoms with van der Waals surface area (Å²) >= 11 is 0. The molecule has 0 aliphatic carbocycles. The van der Waals surface area contributed by atoms with E-state index in [4.69, 9.17) is 5.73 Å². The molecule has 3 heteroatoms. The van der Waals surface area contributed by atoms with E-state index in [1.807, 2.05) is 0 Å². The van der Waals surface area contributed by atoms with Gasteiger partial charge in [-0.15, -0.1) is 0 Å². The lowest BCUT2D eigenvalue weighted by Crippen LogP contribution is -2.37. The van der Waals surface area contributed by atoms with Gasteiger partial charge < -0.3 is 10.6 Å². The molecule has 0 aromatic heterocycles. The maximum absolute atomic E-state index is 5.97. The summed E-state index contributed by atoms with van der Waals surface area (Å²) in [5.41, 5.74) is 8.57. The molecule has 0 spiro atoms. The van der Waals surface area contributed by atoms with Crippen LogP contribution >= 0.6 is 0 Å². The average molecular weight is 247 g/mol. The van der Waals surface area contributed by atoms with Gasteiger partial charge in [0.15, 0.2) is 5.96 Å². The first-order valence-electron chi connectivity index (χ1n) is 6.69. The van der Waals surface area contributed by atoms with Crippen molar-refractivity contribution in [1.82, 2.24) is 4.90 Å². The number of hydrogen-bond acceptors (Lipinski definition) is 1. The minimum Gasteiger partial charge on any atom is -0.370 e. The highest BCUT2D eigenvalue weighted by atomic mass is 15.2. The van der Waals surface area contributed by atoms with Crippen molar-refractivity contribution in [2.45, 2.75) is 33.6 Å². The predicted octanol–water partition coefficient (Wildman–Crippen LogP) is 2.76. The number of nitrogens with zero attached hydrogens (tertiary/aromatic N) is 2. The fraction of sp³-hybridized carbons (Fsp3) is 0.533. The minimum absolute atomic E-state index is 0.403. The van der Waals surface area contributed by atoms with E-state index in [1.165, 1.54) is 11.1 Å². The molecule has 0 aliphatic rings. The Morgan fingerprint density at radius 3 is 2.28 bits per heavy atom. The molecule has 0 heterocycles. The molecule has 1 atom stereocenters. The van der Waals surface area contributed by atoms with E-state index in [2.05, 4.69) is 61.9 Å². The molecule has 3 nitrogen and oxygen atoms in total. The second kappa shape index (κ2) is 7.04. The maximum atomic E-state index is 5.97. The molecule has 1 unspecified atom stereocenters. The number of hydrogen-bond donors (Lipinski definition) is 1. The second-order valence-electron chi connectivity index (χ2n) is 4.68. The van der Waals surface area contributed by atoms with Crippen molar-refractivity contribution in [2.75, 3.05) is 19.6 Å². The summed E-state index contributed by atoms with van der Waals surface area (Å²) in [6.07, 6.45) is 0. The van der Waals surface area contributed by atoms with Crippen LogP contribution in [0, 0.1) is 6.92 Å². The van der Waals surface area contributed by atoms with Gasteiger partial charge in [-0.3, -0.25) is 4.99 Å². The quantitative estimate of drug-likeness (QED) is 0.642. The van der Waals surface area contributed by atoms with E-state index in [9.17, 15) is 0 Å². The van der Waals surface area contributed by atoms with Crippen LogP contribution in [0.15, 0.2) is 29.3 Å². The zero-order valence-electron chi connectivity index (χ0n) is 12.0. The van der Waals surface area contributed by atoms with Crippen LogP contribution in [-0.2, 0) is 0 Å². The van der Waals surface area contributed by atoms with Crippen molar-refractivity contribution in [1.29, 1.82) is 0 Å². The third-order valence-corrected chi connectivity index (χ3v) is 3.26. The lowest BCUT2D eigenvalue weighted by molar-refractivity contribution is 0.457. The van der Waals surface area contributed by atoms with Crippen LogP contribution in [0.4, 0.5) is 0 Å². The third-order valence-electron chi connectivity index (χ3n) is 3.26. The SMILES string of the molecule is CCN(CC)C(N)=NCC(C)c1ccc(C)cc1. The Hall–Kier alpha value is -1.51. The summed E-state index contributed by atoms with van der Waals surface area (Å²) in [4.78, 5) is 6.56. The van der Waals surface area contributed by atoms with E-state index in [-0.39, 0.29) is 0 Å². The van der Waals surface area contributed by atoms with Gasteiger partial charge in [0.05, 0.1) is 0 Å². The summed E-state index contributed by atoms with van der Waals surface area (Å²) in [7, 11) is 0. The highest BCUT2D eigenvalue weighted by molar-refractivity contribution is 5.78. The predicted molar refractivity (Wildman–Crippen MR) is 79.0 cm³/mol. The first kappa shape index (κ1) is 14.6. The zero-order chi connectivity index (χ0) is 13.5. The van der Waals surface area contributed by atoms with Crippen LogP contribution in [0.5, 0.6) is 0 Å². The molecule has 18 heavy (non-hydrogen) atoms. The van der Waals surface area contributed by atoms with Gasteiger partial charge in [-0.1, -0.05) is 36.8 Å². The molecule has 0 amide bonds. The Morgan fingerprint density at radius 1 is 1.22 bits per heavy atom. The Morgan fingerprint density at radius 2 is 1.78 bits per heavy atom. The first-order chi connectivity index (χ1) is 8.58. The van der Waals surface area contributed by atoms with Crippen molar-refractivity contribution in [3.8, 4) is 0 Å². The normalized spacial score (nSPS) is 13.4. The van der Waals surface area contributed by atoms with Gasteiger partial charge in [0.25, 0.3) is 0 Å². The molecule has 2 N–H and O–H groups in total. The zero-order valence-corrected chi connectivity index (χ0v) is 12.0. The third kappa shape index (κ3) is 4.06. The van der Waals surface area contributed by atoms with Crippen LogP contribution in [0.2, 0.25) is 0 Å². The van der Waals surface area contributed by atoms with E-state index in [0.717, 1.165) is 19.6 Å². The average Bonchev–Trinajstić information content (AvgIpc) is 2.38. The monoisotopic (exact) mass is 247 g/mol. The summed E-state index contributed by atoms with van der Waals surface area (Å²) in [5.74, 6) is 1.05. The van der Waals surface area contributed by atoms with Crippen molar-refractivity contribution >= 4 is 5.96 Å². The van der Waals surface area contributed by atoms with Crippen LogP contribution in [0.25, 0.3) is 0 Å². The molecule has 100 valence electrons. The second-order valence-corrected chi connectivity index (χ2v) is 4.68. The molecule has 0 fully saturated rings. The Bertz CT molecular complexity index is 377. The summed E-state index contributed by atoms with van der Waals surface area (Å²) < 4.78 is 0. The Kier molecular flexibility index (Phi) is 5.69. The number of guanidine groups is 1. The summed E-state index contributed by atoms with van der Waals surface area (Å²) in [6.45, 7) is 11.0. The molecule has 0 aliphatic heterocycles. The van der Waals surface area contributed by atoms with Crippen molar-refractivity contribution in [2.24, 2.45) is 10.7 Å². The molecule has 1 rings (SSSR count). The van der Waals surface area contributed by atoms with E-state index in [0.29, 0.717) is 11.9 Å². The van der Waals surface area contributed by atoms with Crippen molar-refractivity contribution < 1.29 is 0 Å². The summed E-state index contributed by atoms with van der Waals surface area (Å²) in [5, 5.41) is 0. The molecular weight excluding hydrogens is 222 g/mol. The van der Waals surface area contributed by atoms with Gasteiger partial charge in [0.2, 0.25) is 0 Å². The molecule has 0 radical (unpaired) electrons. The smallest absolute Gasteiger partial charge is 0.191 e. The summed E-state index contributed by atoms with van der Waals surface area (Å²) in [6, 6.07) is 8.62. The van der Waals surface area contributed by atoms with Crippen LogP contribution in [0.3, 0.4) is 0 Å². The van der Waals surface area contributed by atoms with Gasteiger partial charge in [0.1, 0.15) is 0 Å². The number of rotatable bonds is 5. The fourth-order valence-electron chi connectivity index (χ4n) is 1.88. The Labute approximate surface area is 111 Å². The van der Waals surface area contributed by atoms with E-state index in [1.54, 1.807) is 0 Å². The number of aryl methyl sites for hydroxylation is 1. The molecular formula is C15H25N3. The highest BCUT2D eigenvalue weighted by Gasteiger charge is 2.06.